The number of carboxylic acids is 1. The molecule has 1 heterocycles. The van der Waals surface area contributed by atoms with Crippen molar-refractivity contribution in [2.45, 2.75) is 13.0 Å². The van der Waals surface area contributed by atoms with Crippen molar-refractivity contribution in [3.63, 3.8) is 0 Å². The first-order valence-electron chi connectivity index (χ1n) is 6.27. The number of rotatable bonds is 5. The Morgan fingerprint density at radius 3 is 2.62 bits per heavy atom. The third kappa shape index (κ3) is 3.19. The summed E-state index contributed by atoms with van der Waals surface area (Å²) < 4.78 is 1.54. The van der Waals surface area contributed by atoms with Gasteiger partial charge in [0.15, 0.2) is 6.04 Å². The molecule has 7 nitrogen and oxygen atoms in total. The van der Waals surface area contributed by atoms with E-state index in [9.17, 15) is 14.7 Å². The summed E-state index contributed by atoms with van der Waals surface area (Å²) in [7, 11) is 1.72. The van der Waals surface area contributed by atoms with Gasteiger partial charge in [0, 0.05) is 30.1 Å². The standard InChI is InChI=1S/C14H16N4O3/c1-8-5-10(3-4-11(8)13(15)19)17-12(14(20)21)9-6-16-18(2)7-9/h3-7,12,17H,1-2H3,(H2,15,19)(H,20,21). The summed E-state index contributed by atoms with van der Waals surface area (Å²) >= 11 is 0. The van der Waals surface area contributed by atoms with Gasteiger partial charge in [0.05, 0.1) is 6.20 Å². The Morgan fingerprint density at radius 2 is 2.14 bits per heavy atom. The predicted octanol–water partition coefficient (Wildman–Crippen LogP) is 1.07. The van der Waals surface area contributed by atoms with Crippen LogP contribution in [-0.2, 0) is 11.8 Å². The van der Waals surface area contributed by atoms with Crippen LogP contribution >= 0.6 is 0 Å². The zero-order chi connectivity index (χ0) is 15.6. The molecule has 1 unspecified atom stereocenters. The summed E-state index contributed by atoms with van der Waals surface area (Å²) in [4.78, 5) is 22.6. The van der Waals surface area contributed by atoms with Crippen molar-refractivity contribution in [3.05, 3.63) is 47.3 Å². The van der Waals surface area contributed by atoms with Crippen molar-refractivity contribution < 1.29 is 14.7 Å². The van der Waals surface area contributed by atoms with Crippen LogP contribution in [0, 0.1) is 6.92 Å². The fourth-order valence-electron chi connectivity index (χ4n) is 2.07. The van der Waals surface area contributed by atoms with Crippen LogP contribution in [0.15, 0.2) is 30.6 Å². The van der Waals surface area contributed by atoms with Gasteiger partial charge in [0.2, 0.25) is 5.91 Å². The molecule has 0 aliphatic rings. The van der Waals surface area contributed by atoms with E-state index in [0.717, 1.165) is 0 Å². The fourth-order valence-corrected chi connectivity index (χ4v) is 2.07. The number of aryl methyl sites for hydroxylation is 2. The minimum absolute atomic E-state index is 0.411. The Balaban J connectivity index is 2.28. The molecule has 0 fully saturated rings. The molecule has 1 aromatic carbocycles. The quantitative estimate of drug-likeness (QED) is 0.762. The Labute approximate surface area is 121 Å². The van der Waals surface area contributed by atoms with Crippen molar-refractivity contribution in [2.75, 3.05) is 5.32 Å². The number of carbonyl (C=O) groups excluding carboxylic acids is 1. The normalized spacial score (nSPS) is 11.9. The molecule has 0 aliphatic carbocycles. The number of aliphatic carboxylic acids is 1. The highest BCUT2D eigenvalue weighted by Gasteiger charge is 2.21. The lowest BCUT2D eigenvalue weighted by atomic mass is 10.1. The first kappa shape index (κ1) is 14.6. The van der Waals surface area contributed by atoms with Crippen LogP contribution in [0.5, 0.6) is 0 Å². The number of nitrogens with two attached hydrogens (primary N) is 1. The number of nitrogens with one attached hydrogen (secondary N) is 1. The molecule has 0 saturated carbocycles. The molecule has 110 valence electrons. The van der Waals surface area contributed by atoms with Crippen LogP contribution in [0.1, 0.15) is 27.5 Å². The number of hydrogen-bond acceptors (Lipinski definition) is 4. The number of aromatic nitrogens is 2. The Morgan fingerprint density at radius 1 is 1.43 bits per heavy atom. The summed E-state index contributed by atoms with van der Waals surface area (Å²) in [5.41, 5.74) is 7.47. The van der Waals surface area contributed by atoms with Gasteiger partial charge in [-0.1, -0.05) is 0 Å². The third-order valence-corrected chi connectivity index (χ3v) is 3.11. The molecular formula is C14H16N4O3. The van der Waals surface area contributed by atoms with Gasteiger partial charge in [-0.25, -0.2) is 4.79 Å². The zero-order valence-corrected chi connectivity index (χ0v) is 11.7. The van der Waals surface area contributed by atoms with Gasteiger partial charge in [0.1, 0.15) is 0 Å². The van der Waals surface area contributed by atoms with Crippen LogP contribution in [0.2, 0.25) is 0 Å². The molecule has 0 spiro atoms. The van der Waals surface area contributed by atoms with E-state index in [1.807, 2.05) is 0 Å². The average Bonchev–Trinajstić information content (AvgIpc) is 2.81. The van der Waals surface area contributed by atoms with E-state index in [4.69, 9.17) is 5.73 Å². The lowest BCUT2D eigenvalue weighted by molar-refractivity contribution is -0.138. The average molecular weight is 288 g/mol. The summed E-state index contributed by atoms with van der Waals surface area (Å²) in [5.74, 6) is -1.53. The lowest BCUT2D eigenvalue weighted by Gasteiger charge is -2.15. The molecule has 4 N–H and O–H groups in total. The maximum atomic E-state index is 11.4. The van der Waals surface area contributed by atoms with Crippen molar-refractivity contribution in [3.8, 4) is 0 Å². The number of primary amides is 1. The van der Waals surface area contributed by atoms with Crippen LogP contribution in [0.4, 0.5) is 5.69 Å². The first-order chi connectivity index (χ1) is 9.88. The van der Waals surface area contributed by atoms with E-state index < -0.39 is 17.9 Å². The number of anilines is 1. The number of carboxylic acid groups (broad SMARTS) is 1. The van der Waals surface area contributed by atoms with Gasteiger partial charge in [-0.05, 0) is 30.7 Å². The highest BCUT2D eigenvalue weighted by Crippen LogP contribution is 2.21. The van der Waals surface area contributed by atoms with E-state index >= 15 is 0 Å². The SMILES string of the molecule is Cc1cc(NC(C(=O)O)c2cnn(C)c2)ccc1C(N)=O. The highest BCUT2D eigenvalue weighted by molar-refractivity contribution is 5.94. The summed E-state index contributed by atoms with van der Waals surface area (Å²) in [6, 6.07) is 3.96. The van der Waals surface area contributed by atoms with Gasteiger partial charge < -0.3 is 16.2 Å². The monoisotopic (exact) mass is 288 g/mol. The molecule has 0 bridgehead atoms. The molecule has 1 atom stereocenters. The fraction of sp³-hybridized carbons (Fsp3) is 0.214. The minimum Gasteiger partial charge on any atom is -0.479 e. The third-order valence-electron chi connectivity index (χ3n) is 3.11. The number of benzene rings is 1. The first-order valence-corrected chi connectivity index (χ1v) is 6.27. The molecule has 0 aliphatic heterocycles. The second-order valence-electron chi connectivity index (χ2n) is 4.76. The van der Waals surface area contributed by atoms with Gasteiger partial charge in [-0.3, -0.25) is 9.48 Å². The van der Waals surface area contributed by atoms with Gasteiger partial charge in [0.25, 0.3) is 0 Å². The number of amides is 1. The smallest absolute Gasteiger partial charge is 0.330 e. The van der Waals surface area contributed by atoms with Crippen molar-refractivity contribution >= 4 is 17.6 Å². The molecular weight excluding hydrogens is 272 g/mol. The van der Waals surface area contributed by atoms with Gasteiger partial charge in [-0.15, -0.1) is 0 Å². The summed E-state index contributed by atoms with van der Waals surface area (Å²) in [5, 5.41) is 16.2. The predicted molar refractivity (Wildman–Crippen MR) is 76.9 cm³/mol. The van der Waals surface area contributed by atoms with Crippen LogP contribution in [0.3, 0.4) is 0 Å². The van der Waals surface area contributed by atoms with E-state index in [0.29, 0.717) is 22.4 Å². The Kier molecular flexibility index (Phi) is 3.93. The molecule has 2 aromatic rings. The lowest BCUT2D eigenvalue weighted by Crippen LogP contribution is -2.20. The second kappa shape index (κ2) is 5.66. The highest BCUT2D eigenvalue weighted by atomic mass is 16.4. The van der Waals surface area contributed by atoms with E-state index in [2.05, 4.69) is 10.4 Å². The van der Waals surface area contributed by atoms with E-state index in [1.54, 1.807) is 38.4 Å². The maximum absolute atomic E-state index is 11.4. The van der Waals surface area contributed by atoms with E-state index in [-0.39, 0.29) is 0 Å². The zero-order valence-electron chi connectivity index (χ0n) is 11.7. The molecule has 1 amide bonds. The largest absolute Gasteiger partial charge is 0.479 e. The van der Waals surface area contributed by atoms with Gasteiger partial charge in [-0.2, -0.15) is 5.10 Å². The number of hydrogen-bond donors (Lipinski definition) is 3. The molecule has 0 radical (unpaired) electrons. The molecule has 1 aromatic heterocycles. The maximum Gasteiger partial charge on any atom is 0.330 e. The molecule has 0 saturated heterocycles. The van der Waals surface area contributed by atoms with Gasteiger partial charge >= 0.3 is 5.97 Å². The van der Waals surface area contributed by atoms with Crippen LogP contribution in [-0.4, -0.2) is 26.8 Å². The molecule has 2 rings (SSSR count). The topological polar surface area (TPSA) is 110 Å². The van der Waals surface area contributed by atoms with Crippen LogP contribution < -0.4 is 11.1 Å². The van der Waals surface area contributed by atoms with E-state index in [1.165, 1.54) is 10.9 Å². The second-order valence-corrected chi connectivity index (χ2v) is 4.76. The summed E-state index contributed by atoms with van der Waals surface area (Å²) in [6.07, 6.45) is 3.13. The van der Waals surface area contributed by atoms with Crippen molar-refractivity contribution in [1.29, 1.82) is 0 Å². The molecule has 7 heteroatoms. The van der Waals surface area contributed by atoms with Crippen molar-refractivity contribution in [2.24, 2.45) is 12.8 Å². The minimum atomic E-state index is -1.01. The Bertz CT molecular complexity index is 693. The summed E-state index contributed by atoms with van der Waals surface area (Å²) in [6.45, 7) is 1.74. The number of carbonyl (C=O) groups is 2. The van der Waals surface area contributed by atoms with Crippen LogP contribution in [0.25, 0.3) is 0 Å². The Hall–Kier alpha value is -2.83. The van der Waals surface area contributed by atoms with Crippen molar-refractivity contribution in [1.82, 2.24) is 9.78 Å². The molecule has 21 heavy (non-hydrogen) atoms. The number of nitrogens with zero attached hydrogens (tertiary/aromatic N) is 2.